The minimum Gasteiger partial charge on any atom is -0.493 e. The van der Waals surface area contributed by atoms with Crippen LogP contribution in [-0.2, 0) is 9.05 Å². The first-order chi connectivity index (χ1) is 7.30. The van der Waals surface area contributed by atoms with E-state index in [-0.39, 0.29) is 9.92 Å². The third-order valence-corrected chi connectivity index (χ3v) is 3.55. The van der Waals surface area contributed by atoms with Gasteiger partial charge in [-0.15, -0.1) is 0 Å². The van der Waals surface area contributed by atoms with E-state index in [1.165, 1.54) is 18.2 Å². The lowest BCUT2D eigenvalue weighted by Gasteiger charge is -2.09. The lowest BCUT2D eigenvalue weighted by Crippen LogP contribution is -2.04. The van der Waals surface area contributed by atoms with Gasteiger partial charge in [-0.3, -0.25) is 0 Å². The van der Waals surface area contributed by atoms with Crippen LogP contribution in [0.15, 0.2) is 23.1 Å². The summed E-state index contributed by atoms with van der Waals surface area (Å²) < 4.78 is 27.5. The van der Waals surface area contributed by atoms with Gasteiger partial charge in [0, 0.05) is 16.7 Å². The first-order valence-corrected chi connectivity index (χ1v) is 7.36. The van der Waals surface area contributed by atoms with Crippen molar-refractivity contribution in [1.82, 2.24) is 0 Å². The van der Waals surface area contributed by atoms with Gasteiger partial charge in [0.25, 0.3) is 9.05 Å². The number of rotatable bonds is 4. The molecule has 0 aromatic heterocycles. The molecule has 0 radical (unpaired) electrons. The van der Waals surface area contributed by atoms with Crippen LogP contribution in [0.5, 0.6) is 5.75 Å². The van der Waals surface area contributed by atoms with E-state index in [2.05, 4.69) is 0 Å². The van der Waals surface area contributed by atoms with Crippen LogP contribution in [0.3, 0.4) is 0 Å². The molecular weight excluding hydrogens is 271 g/mol. The van der Waals surface area contributed by atoms with Gasteiger partial charge in [0.2, 0.25) is 0 Å². The van der Waals surface area contributed by atoms with Gasteiger partial charge >= 0.3 is 0 Å². The standard InChI is InChI=1S/C10H12Cl2O3S/c1-7(2)6-15-8-3-4-10(9(11)5-8)16(12,13)14/h3-5,7H,6H2,1-2H3. The molecule has 0 aliphatic heterocycles. The van der Waals surface area contributed by atoms with Gasteiger partial charge in [-0.1, -0.05) is 25.4 Å². The smallest absolute Gasteiger partial charge is 0.262 e. The molecule has 6 heteroatoms. The fraction of sp³-hybridized carbons (Fsp3) is 0.400. The van der Waals surface area contributed by atoms with Gasteiger partial charge in [-0.25, -0.2) is 8.42 Å². The summed E-state index contributed by atoms with van der Waals surface area (Å²) >= 11 is 5.79. The first kappa shape index (κ1) is 13.6. The molecule has 0 unspecified atom stereocenters. The molecule has 16 heavy (non-hydrogen) atoms. The molecule has 0 fully saturated rings. The number of halogens is 2. The Labute approximate surface area is 105 Å². The van der Waals surface area contributed by atoms with Crippen molar-refractivity contribution in [2.24, 2.45) is 5.92 Å². The van der Waals surface area contributed by atoms with E-state index >= 15 is 0 Å². The molecule has 0 saturated heterocycles. The average Bonchev–Trinajstić information content (AvgIpc) is 2.12. The fourth-order valence-corrected chi connectivity index (χ4v) is 2.55. The molecule has 0 aliphatic carbocycles. The van der Waals surface area contributed by atoms with Crippen LogP contribution in [-0.4, -0.2) is 15.0 Å². The summed E-state index contributed by atoms with van der Waals surface area (Å²) in [6.45, 7) is 4.57. The van der Waals surface area contributed by atoms with Crippen LogP contribution in [0.2, 0.25) is 5.02 Å². The van der Waals surface area contributed by atoms with Gasteiger partial charge in [-0.2, -0.15) is 0 Å². The summed E-state index contributed by atoms with van der Waals surface area (Å²) in [5.74, 6) is 0.915. The van der Waals surface area contributed by atoms with Crippen molar-refractivity contribution in [3.8, 4) is 5.75 Å². The summed E-state index contributed by atoms with van der Waals surface area (Å²) in [6, 6.07) is 4.31. The van der Waals surface area contributed by atoms with E-state index in [0.717, 1.165) is 0 Å². The minimum absolute atomic E-state index is 0.0660. The second-order valence-electron chi connectivity index (χ2n) is 3.73. The van der Waals surface area contributed by atoms with E-state index in [1.54, 1.807) is 0 Å². The molecule has 0 bridgehead atoms. The Morgan fingerprint density at radius 1 is 1.38 bits per heavy atom. The predicted molar refractivity (Wildman–Crippen MR) is 64.8 cm³/mol. The molecule has 1 rings (SSSR count). The van der Waals surface area contributed by atoms with Crippen LogP contribution >= 0.6 is 22.3 Å². The van der Waals surface area contributed by atoms with Crippen LogP contribution in [0.4, 0.5) is 0 Å². The van der Waals surface area contributed by atoms with Crippen molar-refractivity contribution in [3.05, 3.63) is 23.2 Å². The molecule has 3 nitrogen and oxygen atoms in total. The molecule has 1 aromatic carbocycles. The maximum absolute atomic E-state index is 11.1. The Bertz CT molecular complexity index is 469. The second-order valence-corrected chi connectivity index (χ2v) is 6.68. The highest BCUT2D eigenvalue weighted by Crippen LogP contribution is 2.28. The Morgan fingerprint density at radius 2 is 2.00 bits per heavy atom. The SMILES string of the molecule is CC(C)COc1ccc(S(=O)(=O)Cl)c(Cl)c1. The third-order valence-electron chi connectivity index (χ3n) is 1.75. The lowest BCUT2D eigenvalue weighted by atomic mass is 10.2. The maximum atomic E-state index is 11.1. The lowest BCUT2D eigenvalue weighted by molar-refractivity contribution is 0.271. The monoisotopic (exact) mass is 282 g/mol. The Hall–Kier alpha value is -0.450. The van der Waals surface area contributed by atoms with Crippen molar-refractivity contribution in [3.63, 3.8) is 0 Å². The van der Waals surface area contributed by atoms with Gasteiger partial charge < -0.3 is 4.74 Å². The zero-order valence-corrected chi connectivity index (χ0v) is 11.2. The van der Waals surface area contributed by atoms with E-state index in [4.69, 9.17) is 27.0 Å². The summed E-state index contributed by atoms with van der Waals surface area (Å²) in [5, 5.41) is 0.0660. The van der Waals surface area contributed by atoms with Crippen LogP contribution < -0.4 is 4.74 Å². The van der Waals surface area contributed by atoms with E-state index in [9.17, 15) is 8.42 Å². The average molecular weight is 283 g/mol. The highest BCUT2D eigenvalue weighted by Gasteiger charge is 2.15. The largest absolute Gasteiger partial charge is 0.493 e. The van der Waals surface area contributed by atoms with Gasteiger partial charge in [-0.05, 0) is 18.1 Å². The summed E-state index contributed by atoms with van der Waals surface area (Å²) in [5.41, 5.74) is 0. The van der Waals surface area contributed by atoms with Crippen molar-refractivity contribution in [1.29, 1.82) is 0 Å². The van der Waals surface area contributed by atoms with Crippen molar-refractivity contribution >= 4 is 31.3 Å². The highest BCUT2D eigenvalue weighted by atomic mass is 35.7. The van der Waals surface area contributed by atoms with Crippen molar-refractivity contribution in [2.45, 2.75) is 18.7 Å². The highest BCUT2D eigenvalue weighted by molar-refractivity contribution is 8.13. The van der Waals surface area contributed by atoms with Crippen molar-refractivity contribution in [2.75, 3.05) is 6.61 Å². The molecule has 0 spiro atoms. The minimum atomic E-state index is -3.80. The number of benzene rings is 1. The van der Waals surface area contributed by atoms with Crippen LogP contribution in [0.1, 0.15) is 13.8 Å². The normalized spacial score (nSPS) is 11.8. The molecule has 1 aromatic rings. The fourth-order valence-electron chi connectivity index (χ4n) is 1.03. The Kier molecular flexibility index (Phi) is 4.47. The van der Waals surface area contributed by atoms with E-state index in [0.29, 0.717) is 18.3 Å². The molecule has 0 amide bonds. The van der Waals surface area contributed by atoms with Crippen molar-refractivity contribution < 1.29 is 13.2 Å². The van der Waals surface area contributed by atoms with Gasteiger partial charge in [0.05, 0.1) is 11.6 Å². The zero-order valence-electron chi connectivity index (χ0n) is 8.91. The summed E-state index contributed by atoms with van der Waals surface area (Å²) in [7, 11) is 1.39. The molecule has 90 valence electrons. The summed E-state index contributed by atoms with van der Waals surface area (Å²) in [4.78, 5) is -0.104. The van der Waals surface area contributed by atoms with Crippen LogP contribution in [0.25, 0.3) is 0 Å². The van der Waals surface area contributed by atoms with Gasteiger partial charge in [0.1, 0.15) is 10.6 Å². The topological polar surface area (TPSA) is 43.4 Å². The first-order valence-electron chi connectivity index (χ1n) is 4.67. The quantitative estimate of drug-likeness (QED) is 0.796. The molecule has 0 saturated carbocycles. The number of ether oxygens (including phenoxy) is 1. The molecule has 0 heterocycles. The second kappa shape index (κ2) is 5.25. The molecule has 0 N–H and O–H groups in total. The van der Waals surface area contributed by atoms with E-state index in [1.807, 2.05) is 13.8 Å². The third kappa shape index (κ3) is 3.85. The molecule has 0 atom stereocenters. The maximum Gasteiger partial charge on any atom is 0.262 e. The zero-order chi connectivity index (χ0) is 12.3. The predicted octanol–water partition coefficient (Wildman–Crippen LogP) is 3.30. The van der Waals surface area contributed by atoms with E-state index < -0.39 is 9.05 Å². The summed E-state index contributed by atoms with van der Waals surface area (Å²) in [6.07, 6.45) is 0. The molecule has 0 aliphatic rings. The number of hydrogen-bond acceptors (Lipinski definition) is 3. The Balaban J connectivity index is 2.92. The van der Waals surface area contributed by atoms with Crippen LogP contribution in [0, 0.1) is 5.92 Å². The molecular formula is C10H12Cl2O3S. The Morgan fingerprint density at radius 3 is 2.44 bits per heavy atom. The van der Waals surface area contributed by atoms with Gasteiger partial charge in [0.15, 0.2) is 0 Å². The number of hydrogen-bond donors (Lipinski definition) is 0.